The number of hydrogen-bond donors (Lipinski definition) is 1. The van der Waals surface area contributed by atoms with E-state index in [1.54, 1.807) is 0 Å². The number of likely N-dealkylation sites (N-methyl/N-ethyl adjacent to an activating group) is 1. The van der Waals surface area contributed by atoms with Crippen molar-refractivity contribution in [1.29, 1.82) is 0 Å². The zero-order valence-electron chi connectivity index (χ0n) is 11.9. The van der Waals surface area contributed by atoms with Gasteiger partial charge in [0.2, 0.25) is 0 Å². The molecule has 0 spiro atoms. The van der Waals surface area contributed by atoms with Crippen molar-refractivity contribution < 1.29 is 9.47 Å². The normalized spacial score (nSPS) is 31.0. The molecule has 18 heavy (non-hydrogen) atoms. The van der Waals surface area contributed by atoms with Crippen molar-refractivity contribution in [2.24, 2.45) is 11.8 Å². The van der Waals surface area contributed by atoms with Gasteiger partial charge >= 0.3 is 0 Å². The van der Waals surface area contributed by atoms with Crippen LogP contribution in [0.4, 0.5) is 0 Å². The predicted octanol–water partition coefficient (Wildman–Crippen LogP) is 0.969. The maximum Gasteiger partial charge on any atom is 0.0623 e. The maximum atomic E-state index is 5.61. The van der Waals surface area contributed by atoms with E-state index in [9.17, 15) is 0 Å². The van der Waals surface area contributed by atoms with Gasteiger partial charge in [0.25, 0.3) is 0 Å². The fourth-order valence-electron chi connectivity index (χ4n) is 3.17. The Bertz CT molecular complexity index is 230. The number of methoxy groups -OCH3 is 1. The Morgan fingerprint density at radius 3 is 2.72 bits per heavy atom. The molecule has 106 valence electrons. The Labute approximate surface area is 111 Å². The molecule has 2 atom stereocenters. The average Bonchev–Trinajstić information content (AvgIpc) is 2.80. The van der Waals surface area contributed by atoms with Gasteiger partial charge in [0.15, 0.2) is 0 Å². The van der Waals surface area contributed by atoms with Crippen LogP contribution in [0.25, 0.3) is 0 Å². The van der Waals surface area contributed by atoms with Gasteiger partial charge in [-0.1, -0.05) is 6.92 Å². The average molecular weight is 256 g/mol. The lowest BCUT2D eigenvalue weighted by Crippen LogP contribution is -2.44. The van der Waals surface area contributed by atoms with Crippen LogP contribution in [-0.4, -0.2) is 64.1 Å². The van der Waals surface area contributed by atoms with Crippen LogP contribution in [0.1, 0.15) is 19.8 Å². The van der Waals surface area contributed by atoms with Gasteiger partial charge in [-0.25, -0.2) is 0 Å². The highest BCUT2D eigenvalue weighted by Gasteiger charge is 2.30. The first-order valence-corrected chi connectivity index (χ1v) is 7.36. The third-order valence-electron chi connectivity index (χ3n) is 4.27. The summed E-state index contributed by atoms with van der Waals surface area (Å²) in [5.74, 6) is 1.44. The molecule has 0 amide bonds. The third-order valence-corrected chi connectivity index (χ3v) is 4.27. The zero-order chi connectivity index (χ0) is 12.8. The van der Waals surface area contributed by atoms with Crippen LogP contribution in [0, 0.1) is 11.8 Å². The number of ether oxygens (including phenoxy) is 2. The van der Waals surface area contributed by atoms with Gasteiger partial charge in [0, 0.05) is 32.2 Å². The molecule has 2 fully saturated rings. The molecular weight excluding hydrogens is 228 g/mol. The summed E-state index contributed by atoms with van der Waals surface area (Å²) in [6.45, 7) is 9.60. The first-order chi connectivity index (χ1) is 8.83. The molecule has 0 aliphatic carbocycles. The number of nitrogens with one attached hydrogen (secondary N) is 1. The van der Waals surface area contributed by atoms with Crippen LogP contribution in [0.3, 0.4) is 0 Å². The van der Waals surface area contributed by atoms with Gasteiger partial charge in [-0.2, -0.15) is 0 Å². The number of likely N-dealkylation sites (tertiary alicyclic amines) is 1. The number of piperidine rings is 1. The Morgan fingerprint density at radius 1 is 1.28 bits per heavy atom. The fraction of sp³-hybridized carbons (Fsp3) is 1.00. The smallest absolute Gasteiger partial charge is 0.0623 e. The number of nitrogens with zero attached hydrogens (tertiary/aromatic N) is 1. The number of hydrogen-bond acceptors (Lipinski definition) is 4. The van der Waals surface area contributed by atoms with Crippen LogP contribution < -0.4 is 5.32 Å². The number of rotatable bonds is 6. The molecule has 0 saturated carbocycles. The van der Waals surface area contributed by atoms with E-state index in [1.807, 2.05) is 7.11 Å². The van der Waals surface area contributed by atoms with E-state index in [0.29, 0.717) is 12.0 Å². The molecule has 4 nitrogen and oxygen atoms in total. The highest BCUT2D eigenvalue weighted by molar-refractivity contribution is 4.84. The van der Waals surface area contributed by atoms with Gasteiger partial charge in [0.05, 0.1) is 13.2 Å². The standard InChI is InChI=1S/C14H28N2O2/c1-3-15-14-11-18-10-13(14)8-16-6-4-12(5-7-16)9-17-2/h12-15H,3-11H2,1-2H3. The van der Waals surface area contributed by atoms with E-state index in [4.69, 9.17) is 9.47 Å². The molecule has 2 aliphatic heterocycles. The van der Waals surface area contributed by atoms with Crippen molar-refractivity contribution in [2.45, 2.75) is 25.8 Å². The van der Waals surface area contributed by atoms with E-state index >= 15 is 0 Å². The van der Waals surface area contributed by atoms with E-state index < -0.39 is 0 Å². The van der Waals surface area contributed by atoms with Crippen molar-refractivity contribution >= 4 is 0 Å². The lowest BCUT2D eigenvalue weighted by atomic mass is 9.95. The van der Waals surface area contributed by atoms with Crippen molar-refractivity contribution in [1.82, 2.24) is 10.2 Å². The maximum absolute atomic E-state index is 5.61. The summed E-state index contributed by atoms with van der Waals surface area (Å²) >= 11 is 0. The van der Waals surface area contributed by atoms with Crippen molar-refractivity contribution in [3.8, 4) is 0 Å². The second-order valence-electron chi connectivity index (χ2n) is 5.66. The van der Waals surface area contributed by atoms with Crippen molar-refractivity contribution in [2.75, 3.05) is 53.1 Å². The molecular formula is C14H28N2O2. The second kappa shape index (κ2) is 7.43. The Balaban J connectivity index is 1.70. The zero-order valence-corrected chi connectivity index (χ0v) is 11.9. The monoisotopic (exact) mass is 256 g/mol. The summed E-state index contributed by atoms with van der Waals surface area (Å²) in [6, 6.07) is 0.562. The van der Waals surface area contributed by atoms with Crippen molar-refractivity contribution in [3.05, 3.63) is 0 Å². The quantitative estimate of drug-likeness (QED) is 0.768. The first-order valence-electron chi connectivity index (χ1n) is 7.36. The topological polar surface area (TPSA) is 33.7 Å². The lowest BCUT2D eigenvalue weighted by molar-refractivity contribution is 0.0888. The van der Waals surface area contributed by atoms with Gasteiger partial charge in [-0.05, 0) is 38.4 Å². The van der Waals surface area contributed by atoms with Crippen LogP contribution in [-0.2, 0) is 9.47 Å². The Hall–Kier alpha value is -0.160. The molecule has 2 rings (SSSR count). The summed E-state index contributed by atoms with van der Waals surface area (Å²) in [5.41, 5.74) is 0. The van der Waals surface area contributed by atoms with E-state index in [1.165, 1.54) is 32.5 Å². The molecule has 2 aliphatic rings. The van der Waals surface area contributed by atoms with E-state index in [0.717, 1.165) is 32.3 Å². The summed E-state index contributed by atoms with van der Waals surface area (Å²) in [7, 11) is 1.81. The van der Waals surface area contributed by atoms with Gasteiger partial charge in [-0.3, -0.25) is 0 Å². The largest absolute Gasteiger partial charge is 0.384 e. The van der Waals surface area contributed by atoms with Gasteiger partial charge < -0.3 is 19.7 Å². The first kappa shape index (κ1) is 14.3. The molecule has 1 N–H and O–H groups in total. The summed E-state index contributed by atoms with van der Waals surface area (Å²) < 4.78 is 10.9. The van der Waals surface area contributed by atoms with Crippen LogP contribution in [0.2, 0.25) is 0 Å². The molecule has 0 bridgehead atoms. The van der Waals surface area contributed by atoms with Crippen LogP contribution >= 0.6 is 0 Å². The van der Waals surface area contributed by atoms with E-state index in [-0.39, 0.29) is 0 Å². The van der Waals surface area contributed by atoms with Crippen LogP contribution in [0.5, 0.6) is 0 Å². The van der Waals surface area contributed by atoms with Gasteiger partial charge in [-0.15, -0.1) is 0 Å². The molecule has 0 aromatic rings. The lowest BCUT2D eigenvalue weighted by Gasteiger charge is -2.34. The summed E-state index contributed by atoms with van der Waals surface area (Å²) in [6.07, 6.45) is 2.57. The minimum absolute atomic E-state index is 0.562. The van der Waals surface area contributed by atoms with E-state index in [2.05, 4.69) is 17.1 Å². The highest BCUT2D eigenvalue weighted by Crippen LogP contribution is 2.21. The SMILES string of the molecule is CCNC1COCC1CN1CCC(COC)CC1. The summed E-state index contributed by atoms with van der Waals surface area (Å²) in [4.78, 5) is 2.61. The molecule has 2 unspecified atom stereocenters. The Kier molecular flexibility index (Phi) is 5.89. The minimum Gasteiger partial charge on any atom is -0.384 e. The van der Waals surface area contributed by atoms with Crippen LogP contribution in [0.15, 0.2) is 0 Å². The molecule has 0 radical (unpaired) electrons. The summed E-state index contributed by atoms with van der Waals surface area (Å²) in [5, 5.41) is 3.54. The molecule has 2 saturated heterocycles. The third kappa shape index (κ3) is 3.92. The fourth-order valence-corrected chi connectivity index (χ4v) is 3.17. The molecule has 0 aromatic carbocycles. The molecule has 0 aromatic heterocycles. The molecule has 4 heteroatoms. The predicted molar refractivity (Wildman–Crippen MR) is 72.8 cm³/mol. The van der Waals surface area contributed by atoms with Crippen molar-refractivity contribution in [3.63, 3.8) is 0 Å². The Morgan fingerprint density at radius 2 is 2.06 bits per heavy atom. The molecule has 2 heterocycles. The minimum atomic E-state index is 0.562. The van der Waals surface area contributed by atoms with Gasteiger partial charge in [0.1, 0.15) is 0 Å². The highest BCUT2D eigenvalue weighted by atomic mass is 16.5. The second-order valence-corrected chi connectivity index (χ2v) is 5.66.